The normalized spacial score (nSPS) is 11.5. The van der Waals surface area contributed by atoms with Gasteiger partial charge in [0.15, 0.2) is 5.82 Å². The van der Waals surface area contributed by atoms with E-state index in [2.05, 4.69) is 199 Å². The fourth-order valence-electron chi connectivity index (χ4n) is 9.22. The molecule has 12 aromatic rings. The average Bonchev–Trinajstić information content (AvgIpc) is 3.71. The minimum atomic E-state index is 0.711. The minimum absolute atomic E-state index is 0.711. The smallest absolute Gasteiger partial charge is 0.160 e. The van der Waals surface area contributed by atoms with Crippen LogP contribution in [0.4, 0.5) is 0 Å². The standard InChI is InChI=1S/C59H38N4/c1-5-16-42(17-6-1)51-38-52(61-59(60-51)45-20-9-3-10-21-45)43-34-30-40(31-35-43)39-28-32-41(33-29-39)47-25-15-26-49-48-36-37-54-55(56(48)57(62-58(47)49)44-18-7-2-8-19-44)50-24-13-14-27-53(50)63(54)46-22-11-4-12-23-46/h1-38H. The Hall–Kier alpha value is -8.47. The van der Waals surface area contributed by atoms with Crippen molar-refractivity contribution in [2.75, 3.05) is 0 Å². The van der Waals surface area contributed by atoms with Crippen LogP contribution >= 0.6 is 0 Å². The Labute approximate surface area is 365 Å². The molecule has 0 fully saturated rings. The van der Waals surface area contributed by atoms with Crippen LogP contribution in [0.1, 0.15) is 0 Å². The van der Waals surface area contributed by atoms with E-state index in [0.29, 0.717) is 5.82 Å². The van der Waals surface area contributed by atoms with Gasteiger partial charge in [-0.25, -0.2) is 15.0 Å². The molecule has 0 unspecified atom stereocenters. The lowest BCUT2D eigenvalue weighted by atomic mass is 9.93. The van der Waals surface area contributed by atoms with Crippen LogP contribution in [0, 0.1) is 0 Å². The van der Waals surface area contributed by atoms with Crippen LogP contribution in [0.5, 0.6) is 0 Å². The molecule has 12 rings (SSSR count). The molecule has 0 saturated heterocycles. The summed E-state index contributed by atoms with van der Waals surface area (Å²) < 4.78 is 2.38. The van der Waals surface area contributed by atoms with Crippen molar-refractivity contribution < 1.29 is 0 Å². The molecule has 3 aromatic heterocycles. The topological polar surface area (TPSA) is 43.6 Å². The second kappa shape index (κ2) is 15.2. The van der Waals surface area contributed by atoms with Gasteiger partial charge in [-0.2, -0.15) is 0 Å². The summed E-state index contributed by atoms with van der Waals surface area (Å²) >= 11 is 0. The number of aromatic nitrogens is 4. The quantitative estimate of drug-likeness (QED) is 0.151. The van der Waals surface area contributed by atoms with E-state index >= 15 is 0 Å². The highest BCUT2D eigenvalue weighted by Crippen LogP contribution is 2.44. The Balaban J connectivity index is 0.954. The van der Waals surface area contributed by atoms with Crippen molar-refractivity contribution >= 4 is 43.5 Å². The number of nitrogens with zero attached hydrogens (tertiary/aromatic N) is 4. The van der Waals surface area contributed by atoms with Gasteiger partial charge in [0.05, 0.1) is 33.6 Å². The van der Waals surface area contributed by atoms with E-state index in [1.165, 1.54) is 32.6 Å². The average molecular weight is 803 g/mol. The van der Waals surface area contributed by atoms with Crippen molar-refractivity contribution in [3.05, 3.63) is 231 Å². The number of fused-ring (bicyclic) bond motifs is 7. The summed E-state index contributed by atoms with van der Waals surface area (Å²) in [6.45, 7) is 0. The predicted molar refractivity (Wildman–Crippen MR) is 262 cm³/mol. The molecule has 0 aliphatic rings. The minimum Gasteiger partial charge on any atom is -0.309 e. The van der Waals surface area contributed by atoms with Gasteiger partial charge in [-0.05, 0) is 52.4 Å². The van der Waals surface area contributed by atoms with Gasteiger partial charge in [0, 0.05) is 55.0 Å². The van der Waals surface area contributed by atoms with Gasteiger partial charge in [-0.15, -0.1) is 0 Å². The SMILES string of the molecule is c1ccc(-c2cc(-c3ccc(-c4ccc(-c5cccc6c5nc(-c5ccccc5)c5c6ccc6c5c5ccccc5n6-c5ccccc5)cc4)cc3)nc(-c3ccccc3)n2)cc1. The molecule has 63 heavy (non-hydrogen) atoms. The predicted octanol–water partition coefficient (Wildman–Crippen LogP) is 15.3. The molecular formula is C59H38N4. The Morgan fingerprint density at radius 1 is 0.302 bits per heavy atom. The van der Waals surface area contributed by atoms with Crippen molar-refractivity contribution in [2.24, 2.45) is 0 Å². The van der Waals surface area contributed by atoms with E-state index in [4.69, 9.17) is 15.0 Å². The Morgan fingerprint density at radius 2 is 0.825 bits per heavy atom. The van der Waals surface area contributed by atoms with Crippen molar-refractivity contribution in [2.45, 2.75) is 0 Å². The van der Waals surface area contributed by atoms with Crippen LogP contribution in [0.15, 0.2) is 231 Å². The fourth-order valence-corrected chi connectivity index (χ4v) is 9.22. The maximum atomic E-state index is 5.64. The van der Waals surface area contributed by atoms with Gasteiger partial charge in [-0.1, -0.05) is 200 Å². The lowest BCUT2D eigenvalue weighted by molar-refractivity contribution is 1.18. The molecular weight excluding hydrogens is 765 g/mol. The fraction of sp³-hybridized carbons (Fsp3) is 0. The molecule has 4 nitrogen and oxygen atoms in total. The lowest BCUT2D eigenvalue weighted by Gasteiger charge is -2.15. The summed E-state index contributed by atoms with van der Waals surface area (Å²) in [5.41, 5.74) is 15.9. The van der Waals surface area contributed by atoms with E-state index < -0.39 is 0 Å². The van der Waals surface area contributed by atoms with E-state index in [0.717, 1.165) is 78.2 Å². The molecule has 294 valence electrons. The van der Waals surface area contributed by atoms with Gasteiger partial charge in [0.2, 0.25) is 0 Å². The molecule has 0 bridgehead atoms. The maximum absolute atomic E-state index is 5.64. The molecule has 9 aromatic carbocycles. The number of hydrogen-bond donors (Lipinski definition) is 0. The zero-order valence-corrected chi connectivity index (χ0v) is 34.2. The summed E-state index contributed by atoms with van der Waals surface area (Å²) in [4.78, 5) is 15.6. The van der Waals surface area contributed by atoms with Crippen LogP contribution in [0.2, 0.25) is 0 Å². The summed E-state index contributed by atoms with van der Waals surface area (Å²) in [5.74, 6) is 0.711. The van der Waals surface area contributed by atoms with Gasteiger partial charge < -0.3 is 4.57 Å². The maximum Gasteiger partial charge on any atom is 0.160 e. The second-order valence-electron chi connectivity index (χ2n) is 15.9. The molecule has 0 spiro atoms. The van der Waals surface area contributed by atoms with Crippen molar-refractivity contribution in [3.8, 4) is 73.1 Å². The molecule has 0 radical (unpaired) electrons. The zero-order chi connectivity index (χ0) is 41.7. The van der Waals surface area contributed by atoms with E-state index in [1.54, 1.807) is 0 Å². The van der Waals surface area contributed by atoms with Crippen LogP contribution in [0.3, 0.4) is 0 Å². The van der Waals surface area contributed by atoms with Crippen LogP contribution in [0.25, 0.3) is 117 Å². The molecule has 0 amide bonds. The van der Waals surface area contributed by atoms with Crippen LogP contribution in [-0.2, 0) is 0 Å². The number of hydrogen-bond acceptors (Lipinski definition) is 3. The summed E-state index contributed by atoms with van der Waals surface area (Å²) in [6.07, 6.45) is 0. The third-order valence-electron chi connectivity index (χ3n) is 12.2. The molecule has 0 N–H and O–H groups in total. The van der Waals surface area contributed by atoms with Gasteiger partial charge in [0.1, 0.15) is 0 Å². The third kappa shape index (κ3) is 6.36. The third-order valence-corrected chi connectivity index (χ3v) is 12.2. The Kier molecular flexibility index (Phi) is 8.79. The Morgan fingerprint density at radius 3 is 1.49 bits per heavy atom. The van der Waals surface area contributed by atoms with Gasteiger partial charge in [-0.3, -0.25) is 0 Å². The first kappa shape index (κ1) is 36.4. The number of rotatable bonds is 7. The highest BCUT2D eigenvalue weighted by atomic mass is 15.0. The van der Waals surface area contributed by atoms with E-state index in [1.807, 2.05) is 36.4 Å². The first-order valence-corrected chi connectivity index (χ1v) is 21.4. The summed E-state index contributed by atoms with van der Waals surface area (Å²) in [7, 11) is 0. The largest absolute Gasteiger partial charge is 0.309 e. The van der Waals surface area contributed by atoms with Crippen molar-refractivity contribution in [3.63, 3.8) is 0 Å². The molecule has 3 heterocycles. The van der Waals surface area contributed by atoms with Gasteiger partial charge in [0.25, 0.3) is 0 Å². The van der Waals surface area contributed by atoms with E-state index in [9.17, 15) is 0 Å². The van der Waals surface area contributed by atoms with Crippen molar-refractivity contribution in [1.82, 2.24) is 19.5 Å². The highest BCUT2D eigenvalue weighted by Gasteiger charge is 2.21. The molecule has 0 aliphatic heterocycles. The number of para-hydroxylation sites is 3. The number of benzene rings is 9. The van der Waals surface area contributed by atoms with Crippen LogP contribution in [-0.4, -0.2) is 19.5 Å². The summed E-state index contributed by atoms with van der Waals surface area (Å²) in [5, 5.41) is 5.93. The molecule has 0 atom stereocenters. The van der Waals surface area contributed by atoms with Crippen LogP contribution < -0.4 is 0 Å². The van der Waals surface area contributed by atoms with E-state index in [-0.39, 0.29) is 0 Å². The molecule has 0 saturated carbocycles. The van der Waals surface area contributed by atoms with Gasteiger partial charge >= 0.3 is 0 Å². The first-order valence-electron chi connectivity index (χ1n) is 21.4. The monoisotopic (exact) mass is 802 g/mol. The van der Waals surface area contributed by atoms with Crippen molar-refractivity contribution in [1.29, 1.82) is 0 Å². The Bertz CT molecular complexity index is 3560. The first-order chi connectivity index (χ1) is 31.2. The highest BCUT2D eigenvalue weighted by molar-refractivity contribution is 6.29. The second-order valence-corrected chi connectivity index (χ2v) is 15.9. The molecule has 0 aliphatic carbocycles. The lowest BCUT2D eigenvalue weighted by Crippen LogP contribution is -1.95. The summed E-state index contributed by atoms with van der Waals surface area (Å²) in [6, 6.07) is 81.4. The number of pyridine rings is 1. The molecule has 4 heteroatoms. The zero-order valence-electron chi connectivity index (χ0n) is 34.2.